The molecule has 2 aliphatic rings. The first-order valence-electron chi connectivity index (χ1n) is 15.6. The molecule has 5 heterocycles. The summed E-state index contributed by atoms with van der Waals surface area (Å²) in [5.74, 6) is 1.92. The zero-order chi connectivity index (χ0) is 29.1. The van der Waals surface area contributed by atoms with E-state index in [1.807, 2.05) is 0 Å². The molecular weight excluding hydrogens is 535 g/mol. The minimum absolute atomic E-state index is 0.0509. The predicted octanol–water partition coefficient (Wildman–Crippen LogP) is 8.17. The van der Waals surface area contributed by atoms with Crippen LogP contribution in [0.1, 0.15) is 26.3 Å². The van der Waals surface area contributed by atoms with Crippen molar-refractivity contribution in [1.82, 2.24) is 8.97 Å². The van der Waals surface area contributed by atoms with Gasteiger partial charge >= 0.3 is 0 Å². The molecule has 6 aromatic carbocycles. The Hall–Kier alpha value is -5.22. The van der Waals surface area contributed by atoms with Crippen LogP contribution in [0.25, 0.3) is 65.6 Å². The van der Waals surface area contributed by atoms with E-state index >= 15 is 0 Å². The monoisotopic (exact) mass is 562 g/mol. The highest BCUT2D eigenvalue weighted by Gasteiger charge is 2.40. The fourth-order valence-corrected chi connectivity index (χ4v) is 8.53. The lowest BCUT2D eigenvalue weighted by molar-refractivity contribution is 0.486. The number of hydrogen-bond acceptors (Lipinski definition) is 1. The second-order valence-corrected chi connectivity index (χ2v) is 13.7. The third kappa shape index (κ3) is 2.59. The number of para-hydroxylation sites is 3. The van der Waals surface area contributed by atoms with Gasteiger partial charge in [-0.1, -0.05) is 93.6 Å². The molecule has 0 amide bonds. The van der Waals surface area contributed by atoms with E-state index in [0.29, 0.717) is 0 Å². The summed E-state index contributed by atoms with van der Waals surface area (Å²) in [6.07, 6.45) is 0. The maximum atomic E-state index is 6.67. The van der Waals surface area contributed by atoms with Crippen molar-refractivity contribution in [2.24, 2.45) is 0 Å². The summed E-state index contributed by atoms with van der Waals surface area (Å²) < 4.78 is 11.7. The van der Waals surface area contributed by atoms with E-state index in [1.54, 1.807) is 0 Å². The Kier molecular flexibility index (Phi) is 3.94. The SMILES string of the molecule is CC(C)(C)c1ccc2c(c1)B1c3c(cccc3-n3c4cc5c(cc4c4cccc1c43)c1cccc3c4ccccc4n5c31)O2. The second-order valence-electron chi connectivity index (χ2n) is 13.7. The maximum Gasteiger partial charge on any atom is 0.256 e. The highest BCUT2D eigenvalue weighted by molar-refractivity contribution is 6.99. The number of rotatable bonds is 0. The number of nitrogens with zero attached hydrogens (tertiary/aromatic N) is 2. The van der Waals surface area contributed by atoms with Crippen molar-refractivity contribution in [1.29, 1.82) is 0 Å². The molecule has 4 heteroatoms. The van der Waals surface area contributed by atoms with Crippen LogP contribution in [0.15, 0.2) is 109 Å². The van der Waals surface area contributed by atoms with Crippen LogP contribution >= 0.6 is 0 Å². The lowest BCUT2D eigenvalue weighted by atomic mass is 9.34. The summed E-state index contributed by atoms with van der Waals surface area (Å²) in [7, 11) is 0. The fraction of sp³-hybridized carbons (Fsp3) is 0.100. The zero-order valence-corrected chi connectivity index (χ0v) is 24.8. The van der Waals surface area contributed by atoms with E-state index in [4.69, 9.17) is 4.74 Å². The Balaban J connectivity index is 1.31. The number of hydrogen-bond donors (Lipinski definition) is 0. The maximum absolute atomic E-state index is 6.67. The molecular formula is C40H27BN2O. The van der Waals surface area contributed by atoms with E-state index < -0.39 is 0 Å². The Morgan fingerprint density at radius 3 is 2.14 bits per heavy atom. The summed E-state index contributed by atoms with van der Waals surface area (Å²) in [5, 5.41) is 7.87. The molecule has 0 aliphatic carbocycles. The smallest absolute Gasteiger partial charge is 0.256 e. The van der Waals surface area contributed by atoms with Crippen LogP contribution in [0, 0.1) is 0 Å². The minimum Gasteiger partial charge on any atom is -0.458 e. The highest BCUT2D eigenvalue weighted by Crippen LogP contribution is 2.43. The molecule has 0 fully saturated rings. The first kappa shape index (κ1) is 23.3. The lowest BCUT2D eigenvalue weighted by Crippen LogP contribution is -2.58. The van der Waals surface area contributed by atoms with E-state index in [9.17, 15) is 0 Å². The summed E-state index contributed by atoms with van der Waals surface area (Å²) in [6.45, 7) is 6.98. The molecule has 3 aromatic heterocycles. The van der Waals surface area contributed by atoms with Crippen LogP contribution in [0.4, 0.5) is 0 Å². The van der Waals surface area contributed by atoms with Crippen LogP contribution in [-0.2, 0) is 5.41 Å². The molecule has 9 aromatic rings. The molecule has 206 valence electrons. The molecule has 0 saturated carbocycles. The van der Waals surface area contributed by atoms with Gasteiger partial charge in [-0.3, -0.25) is 0 Å². The quantitative estimate of drug-likeness (QED) is 0.171. The first-order chi connectivity index (χ1) is 21.5. The zero-order valence-electron chi connectivity index (χ0n) is 24.8. The average Bonchev–Trinajstić information content (AvgIpc) is 3.67. The van der Waals surface area contributed by atoms with Crippen LogP contribution in [0.2, 0.25) is 0 Å². The summed E-state index contributed by atoms with van der Waals surface area (Å²) in [5.41, 5.74) is 12.9. The molecule has 0 spiro atoms. The van der Waals surface area contributed by atoms with Crippen LogP contribution in [0.3, 0.4) is 0 Å². The van der Waals surface area contributed by atoms with Crippen molar-refractivity contribution in [2.75, 3.05) is 0 Å². The molecule has 0 atom stereocenters. The normalized spacial score (nSPS) is 13.9. The molecule has 0 saturated heterocycles. The molecule has 0 radical (unpaired) electrons. The average molecular weight is 562 g/mol. The first-order valence-corrected chi connectivity index (χ1v) is 15.6. The van der Waals surface area contributed by atoms with Gasteiger partial charge in [-0.15, -0.1) is 0 Å². The van der Waals surface area contributed by atoms with Gasteiger partial charge in [0, 0.05) is 43.5 Å². The lowest BCUT2D eigenvalue weighted by Gasteiger charge is -2.34. The summed E-state index contributed by atoms with van der Waals surface area (Å²) in [6, 6.07) is 40.8. The van der Waals surface area contributed by atoms with Gasteiger partial charge in [-0.25, -0.2) is 0 Å². The van der Waals surface area contributed by atoms with Gasteiger partial charge in [0.1, 0.15) is 11.5 Å². The molecule has 0 bridgehead atoms. The van der Waals surface area contributed by atoms with Gasteiger partial charge in [-0.05, 0) is 63.8 Å². The Morgan fingerprint density at radius 2 is 1.27 bits per heavy atom. The van der Waals surface area contributed by atoms with Gasteiger partial charge in [-0.2, -0.15) is 0 Å². The number of aromatic nitrogens is 2. The third-order valence-electron chi connectivity index (χ3n) is 10.5. The van der Waals surface area contributed by atoms with E-state index in [0.717, 1.165) is 11.5 Å². The van der Waals surface area contributed by atoms with Gasteiger partial charge in [0.05, 0.1) is 22.1 Å². The standard InChI is InChI=1S/C40H27BN2O/c1-40(2,3)22-17-18-35-30(19-22)41-29-13-7-12-26-28-20-27-25-11-6-10-24-23-9-4-5-14-31(23)42(38(24)25)33(27)21-34(28)43(39(26)29)32-15-8-16-36(44-35)37(32)41/h4-21H,1-3H3. The summed E-state index contributed by atoms with van der Waals surface area (Å²) >= 11 is 0. The molecule has 44 heavy (non-hydrogen) atoms. The van der Waals surface area contributed by atoms with Gasteiger partial charge in [0.2, 0.25) is 0 Å². The molecule has 11 rings (SSSR count). The van der Waals surface area contributed by atoms with Gasteiger partial charge < -0.3 is 13.7 Å². The third-order valence-corrected chi connectivity index (χ3v) is 10.5. The molecule has 0 unspecified atom stereocenters. The van der Waals surface area contributed by atoms with E-state index in [1.165, 1.54) is 87.5 Å². The van der Waals surface area contributed by atoms with Crippen molar-refractivity contribution in [3.63, 3.8) is 0 Å². The number of fused-ring (bicyclic) bond motifs is 13. The Bertz CT molecular complexity index is 2740. The molecule has 3 nitrogen and oxygen atoms in total. The molecule has 0 N–H and O–H groups in total. The van der Waals surface area contributed by atoms with Crippen molar-refractivity contribution < 1.29 is 4.74 Å². The topological polar surface area (TPSA) is 18.6 Å². The van der Waals surface area contributed by atoms with Crippen molar-refractivity contribution in [3.05, 3.63) is 115 Å². The van der Waals surface area contributed by atoms with E-state index in [2.05, 4.69) is 139 Å². The highest BCUT2D eigenvalue weighted by atomic mass is 16.5. The van der Waals surface area contributed by atoms with Gasteiger partial charge in [0.25, 0.3) is 6.71 Å². The van der Waals surface area contributed by atoms with E-state index in [-0.39, 0.29) is 12.1 Å². The largest absolute Gasteiger partial charge is 0.458 e. The Labute approximate surface area is 254 Å². The fourth-order valence-electron chi connectivity index (χ4n) is 8.53. The van der Waals surface area contributed by atoms with Crippen LogP contribution in [0.5, 0.6) is 11.5 Å². The second kappa shape index (κ2) is 7.46. The van der Waals surface area contributed by atoms with Crippen molar-refractivity contribution >= 4 is 83.0 Å². The van der Waals surface area contributed by atoms with Crippen molar-refractivity contribution in [3.8, 4) is 17.2 Å². The predicted molar refractivity (Wildman–Crippen MR) is 185 cm³/mol. The summed E-state index contributed by atoms with van der Waals surface area (Å²) in [4.78, 5) is 0. The minimum atomic E-state index is 0.0509. The van der Waals surface area contributed by atoms with Crippen LogP contribution in [-0.4, -0.2) is 15.7 Å². The number of ether oxygens (including phenoxy) is 1. The number of benzene rings is 6. The Morgan fingerprint density at radius 1 is 0.545 bits per heavy atom. The van der Waals surface area contributed by atoms with Crippen molar-refractivity contribution in [2.45, 2.75) is 26.2 Å². The molecule has 2 aliphatic heterocycles. The van der Waals surface area contributed by atoms with Gasteiger partial charge in [0.15, 0.2) is 0 Å². The van der Waals surface area contributed by atoms with Crippen LogP contribution < -0.4 is 21.1 Å².